The Morgan fingerprint density at radius 1 is 1.09 bits per heavy atom. The number of halogens is 1. The fourth-order valence-corrected chi connectivity index (χ4v) is 2.11. The van der Waals surface area contributed by atoms with Crippen LogP contribution in [-0.2, 0) is 0 Å². The van der Waals surface area contributed by atoms with E-state index in [1.807, 2.05) is 43.3 Å². The minimum absolute atomic E-state index is 0.0988. The number of methoxy groups -OCH3 is 1. The first-order valence-corrected chi connectivity index (χ1v) is 7.71. The highest BCUT2D eigenvalue weighted by Gasteiger charge is 2.10. The minimum Gasteiger partial charge on any atom is -0.497 e. The number of carbonyl (C=O) groups excluding carboxylic acids is 1. The van der Waals surface area contributed by atoms with E-state index in [4.69, 9.17) is 9.47 Å². The predicted octanol–water partition coefficient (Wildman–Crippen LogP) is 3.66. The molecule has 2 rings (SSSR count). The summed E-state index contributed by atoms with van der Waals surface area (Å²) >= 11 is 3.35. The van der Waals surface area contributed by atoms with Crippen molar-refractivity contribution in [3.8, 4) is 11.5 Å². The van der Waals surface area contributed by atoms with Gasteiger partial charge in [-0.25, -0.2) is 0 Å². The van der Waals surface area contributed by atoms with Crippen molar-refractivity contribution in [2.24, 2.45) is 0 Å². The fraction of sp³-hybridized carbons (Fsp3) is 0.235. The van der Waals surface area contributed by atoms with Crippen LogP contribution in [0.4, 0.5) is 0 Å². The molecule has 0 spiro atoms. The second-order valence-corrected chi connectivity index (χ2v) is 5.78. The van der Waals surface area contributed by atoms with Crippen LogP contribution < -0.4 is 14.8 Å². The van der Waals surface area contributed by atoms with Crippen LogP contribution in [0, 0.1) is 0 Å². The van der Waals surface area contributed by atoms with Crippen molar-refractivity contribution >= 4 is 21.8 Å². The summed E-state index contributed by atoms with van der Waals surface area (Å²) in [6.07, 6.45) is 0. The topological polar surface area (TPSA) is 47.6 Å². The monoisotopic (exact) mass is 363 g/mol. The molecular weight excluding hydrogens is 346 g/mol. The molecule has 0 bridgehead atoms. The number of amides is 1. The van der Waals surface area contributed by atoms with Crippen molar-refractivity contribution in [2.45, 2.75) is 13.0 Å². The van der Waals surface area contributed by atoms with Gasteiger partial charge in [-0.15, -0.1) is 0 Å². The van der Waals surface area contributed by atoms with Crippen molar-refractivity contribution in [1.82, 2.24) is 5.32 Å². The molecule has 2 aromatic carbocycles. The molecule has 4 nitrogen and oxygen atoms in total. The smallest absolute Gasteiger partial charge is 0.251 e. The highest BCUT2D eigenvalue weighted by Crippen LogP contribution is 2.17. The van der Waals surface area contributed by atoms with Gasteiger partial charge in [-0.1, -0.05) is 15.9 Å². The molecule has 1 atom stereocenters. The van der Waals surface area contributed by atoms with E-state index in [1.165, 1.54) is 0 Å². The van der Waals surface area contributed by atoms with E-state index in [-0.39, 0.29) is 11.9 Å². The largest absolute Gasteiger partial charge is 0.497 e. The summed E-state index contributed by atoms with van der Waals surface area (Å²) in [5.41, 5.74) is 0.625. The Labute approximate surface area is 138 Å². The predicted molar refractivity (Wildman–Crippen MR) is 89.6 cm³/mol. The Hall–Kier alpha value is -2.01. The van der Waals surface area contributed by atoms with Crippen LogP contribution in [0.2, 0.25) is 0 Å². The lowest BCUT2D eigenvalue weighted by Crippen LogP contribution is -2.36. The van der Waals surface area contributed by atoms with Crippen LogP contribution in [0.3, 0.4) is 0 Å². The molecular formula is C17H18BrNO3. The van der Waals surface area contributed by atoms with E-state index in [0.29, 0.717) is 12.2 Å². The van der Waals surface area contributed by atoms with Gasteiger partial charge in [0.1, 0.15) is 18.1 Å². The zero-order valence-electron chi connectivity index (χ0n) is 12.5. The minimum atomic E-state index is -0.113. The number of carbonyl (C=O) groups is 1. The summed E-state index contributed by atoms with van der Waals surface area (Å²) in [6, 6.07) is 14.5. The first-order chi connectivity index (χ1) is 10.6. The maximum atomic E-state index is 12.1. The Kier molecular flexibility index (Phi) is 5.83. The van der Waals surface area contributed by atoms with Gasteiger partial charge < -0.3 is 14.8 Å². The number of hydrogen-bond acceptors (Lipinski definition) is 3. The molecule has 0 heterocycles. The molecule has 1 amide bonds. The van der Waals surface area contributed by atoms with Crippen LogP contribution >= 0.6 is 15.9 Å². The summed E-state index contributed by atoms with van der Waals surface area (Å²) < 4.78 is 11.7. The van der Waals surface area contributed by atoms with Crippen LogP contribution in [0.25, 0.3) is 0 Å². The van der Waals surface area contributed by atoms with Gasteiger partial charge in [-0.2, -0.15) is 0 Å². The second kappa shape index (κ2) is 7.84. The molecule has 0 aliphatic rings. The number of rotatable bonds is 6. The van der Waals surface area contributed by atoms with Crippen LogP contribution in [0.5, 0.6) is 11.5 Å². The molecule has 22 heavy (non-hydrogen) atoms. The molecule has 0 aliphatic carbocycles. The van der Waals surface area contributed by atoms with Gasteiger partial charge >= 0.3 is 0 Å². The highest BCUT2D eigenvalue weighted by atomic mass is 79.9. The quantitative estimate of drug-likeness (QED) is 0.851. The van der Waals surface area contributed by atoms with Gasteiger partial charge in [0, 0.05) is 10.0 Å². The van der Waals surface area contributed by atoms with Gasteiger partial charge in [0.05, 0.1) is 13.2 Å². The molecule has 0 fully saturated rings. The summed E-state index contributed by atoms with van der Waals surface area (Å²) in [5, 5.41) is 2.90. The third-order valence-corrected chi connectivity index (χ3v) is 3.57. The second-order valence-electron chi connectivity index (χ2n) is 4.87. The lowest BCUT2D eigenvalue weighted by atomic mass is 10.2. The Morgan fingerprint density at radius 3 is 2.27 bits per heavy atom. The van der Waals surface area contributed by atoms with E-state index in [0.717, 1.165) is 16.0 Å². The molecule has 1 unspecified atom stereocenters. The van der Waals surface area contributed by atoms with Gasteiger partial charge in [0.25, 0.3) is 5.91 Å². The molecule has 0 radical (unpaired) electrons. The van der Waals surface area contributed by atoms with E-state index in [9.17, 15) is 4.79 Å². The number of ether oxygens (including phenoxy) is 2. The zero-order valence-corrected chi connectivity index (χ0v) is 14.1. The van der Waals surface area contributed by atoms with Gasteiger partial charge in [0.2, 0.25) is 0 Å². The number of hydrogen-bond donors (Lipinski definition) is 1. The van der Waals surface area contributed by atoms with Crippen LogP contribution in [0.1, 0.15) is 17.3 Å². The molecule has 0 aromatic heterocycles. The molecule has 0 saturated carbocycles. The van der Waals surface area contributed by atoms with E-state index in [1.54, 1.807) is 19.2 Å². The van der Waals surface area contributed by atoms with Crippen molar-refractivity contribution in [3.63, 3.8) is 0 Å². The van der Waals surface area contributed by atoms with Crippen molar-refractivity contribution in [2.75, 3.05) is 13.7 Å². The first kappa shape index (κ1) is 16.4. The average molecular weight is 364 g/mol. The van der Waals surface area contributed by atoms with Gasteiger partial charge in [-0.05, 0) is 55.5 Å². The van der Waals surface area contributed by atoms with Crippen LogP contribution in [-0.4, -0.2) is 25.7 Å². The van der Waals surface area contributed by atoms with Gasteiger partial charge in [0.15, 0.2) is 0 Å². The lowest BCUT2D eigenvalue weighted by molar-refractivity contribution is 0.0926. The summed E-state index contributed by atoms with van der Waals surface area (Å²) in [5.74, 6) is 1.41. The number of benzene rings is 2. The van der Waals surface area contributed by atoms with Crippen molar-refractivity contribution in [1.29, 1.82) is 0 Å². The molecule has 1 N–H and O–H groups in total. The fourth-order valence-electron chi connectivity index (χ4n) is 1.84. The highest BCUT2D eigenvalue weighted by molar-refractivity contribution is 9.10. The van der Waals surface area contributed by atoms with Crippen molar-refractivity contribution in [3.05, 3.63) is 58.6 Å². The Bertz CT molecular complexity index is 611. The zero-order chi connectivity index (χ0) is 15.9. The maximum Gasteiger partial charge on any atom is 0.251 e. The Morgan fingerprint density at radius 2 is 1.68 bits per heavy atom. The van der Waals surface area contributed by atoms with E-state index >= 15 is 0 Å². The summed E-state index contributed by atoms with van der Waals surface area (Å²) in [7, 11) is 1.62. The molecule has 2 aromatic rings. The summed E-state index contributed by atoms with van der Waals surface area (Å²) in [6.45, 7) is 2.30. The average Bonchev–Trinajstić information content (AvgIpc) is 2.54. The molecule has 5 heteroatoms. The lowest BCUT2D eigenvalue weighted by Gasteiger charge is -2.15. The SMILES string of the molecule is COc1ccc(OCC(C)NC(=O)c2ccc(Br)cc2)cc1. The van der Waals surface area contributed by atoms with Crippen LogP contribution in [0.15, 0.2) is 53.0 Å². The molecule has 116 valence electrons. The standard InChI is InChI=1S/C17H18BrNO3/c1-12(11-22-16-9-7-15(21-2)8-10-16)19-17(20)13-3-5-14(18)6-4-13/h3-10,12H,11H2,1-2H3,(H,19,20). The van der Waals surface area contributed by atoms with E-state index in [2.05, 4.69) is 21.2 Å². The van der Waals surface area contributed by atoms with Gasteiger partial charge in [-0.3, -0.25) is 4.79 Å². The number of nitrogens with one attached hydrogen (secondary N) is 1. The molecule has 0 aliphatic heterocycles. The normalized spacial score (nSPS) is 11.6. The molecule has 0 saturated heterocycles. The van der Waals surface area contributed by atoms with Crippen molar-refractivity contribution < 1.29 is 14.3 Å². The first-order valence-electron chi connectivity index (χ1n) is 6.92. The van der Waals surface area contributed by atoms with E-state index < -0.39 is 0 Å². The Balaban J connectivity index is 1.82. The third-order valence-electron chi connectivity index (χ3n) is 3.04. The summed E-state index contributed by atoms with van der Waals surface area (Å²) in [4.78, 5) is 12.1. The maximum absolute atomic E-state index is 12.1. The third kappa shape index (κ3) is 4.77.